The van der Waals surface area contributed by atoms with Crippen molar-refractivity contribution in [2.24, 2.45) is 5.92 Å². The Morgan fingerprint density at radius 2 is 1.75 bits per heavy atom. The van der Waals surface area contributed by atoms with E-state index in [-0.39, 0.29) is 0 Å². The molecular formula is C13H25NO2. The van der Waals surface area contributed by atoms with Crippen LogP contribution < -0.4 is 5.32 Å². The maximum Gasteiger partial charge on any atom is 0.0726 e. The molecule has 0 amide bonds. The van der Waals surface area contributed by atoms with Crippen molar-refractivity contribution in [2.75, 3.05) is 19.8 Å². The molecule has 1 N–H and O–H groups in total. The van der Waals surface area contributed by atoms with Gasteiger partial charge in [0, 0.05) is 31.9 Å². The van der Waals surface area contributed by atoms with Crippen molar-refractivity contribution in [2.45, 2.75) is 57.7 Å². The second-order valence-electron chi connectivity index (χ2n) is 5.25. The van der Waals surface area contributed by atoms with Crippen LogP contribution in [0.25, 0.3) is 0 Å². The predicted molar refractivity (Wildman–Crippen MR) is 64.6 cm³/mol. The van der Waals surface area contributed by atoms with Crippen molar-refractivity contribution < 1.29 is 9.47 Å². The van der Waals surface area contributed by atoms with E-state index in [9.17, 15) is 0 Å². The number of rotatable bonds is 4. The monoisotopic (exact) mass is 227 g/mol. The zero-order valence-electron chi connectivity index (χ0n) is 10.6. The Hall–Kier alpha value is -0.120. The lowest BCUT2D eigenvalue weighted by Crippen LogP contribution is -2.46. The van der Waals surface area contributed by atoms with Gasteiger partial charge in [-0.15, -0.1) is 0 Å². The minimum absolute atomic E-state index is 0.433. The number of hydrogen-bond acceptors (Lipinski definition) is 3. The molecule has 3 nitrogen and oxygen atoms in total. The van der Waals surface area contributed by atoms with Gasteiger partial charge in [-0.3, -0.25) is 0 Å². The van der Waals surface area contributed by atoms with Gasteiger partial charge in [-0.25, -0.2) is 0 Å². The van der Waals surface area contributed by atoms with Crippen LogP contribution in [0.3, 0.4) is 0 Å². The second kappa shape index (κ2) is 5.99. The highest BCUT2D eigenvalue weighted by atomic mass is 16.5. The van der Waals surface area contributed by atoms with E-state index in [1.807, 2.05) is 0 Å². The van der Waals surface area contributed by atoms with Gasteiger partial charge in [0.25, 0.3) is 0 Å². The molecule has 0 aromatic rings. The third-order valence-electron chi connectivity index (χ3n) is 4.02. The van der Waals surface area contributed by atoms with Gasteiger partial charge in [-0.1, -0.05) is 0 Å². The molecule has 0 aliphatic carbocycles. The van der Waals surface area contributed by atoms with Crippen LogP contribution in [0.1, 0.15) is 39.5 Å². The van der Waals surface area contributed by atoms with E-state index in [1.165, 1.54) is 25.7 Å². The molecule has 2 aliphatic heterocycles. The van der Waals surface area contributed by atoms with Crippen LogP contribution in [-0.2, 0) is 9.47 Å². The fourth-order valence-corrected chi connectivity index (χ4v) is 2.87. The smallest absolute Gasteiger partial charge is 0.0726 e. The maximum absolute atomic E-state index is 5.72. The molecule has 3 unspecified atom stereocenters. The lowest BCUT2D eigenvalue weighted by molar-refractivity contribution is 0.0441. The van der Waals surface area contributed by atoms with E-state index in [0.717, 1.165) is 25.7 Å². The minimum atomic E-state index is 0.433. The fraction of sp³-hybridized carbons (Fsp3) is 1.00. The molecule has 94 valence electrons. The Balaban J connectivity index is 1.74. The molecule has 2 saturated heterocycles. The Kier molecular flexibility index (Phi) is 4.62. The van der Waals surface area contributed by atoms with Gasteiger partial charge in [-0.2, -0.15) is 0 Å². The highest BCUT2D eigenvalue weighted by Crippen LogP contribution is 2.21. The third-order valence-corrected chi connectivity index (χ3v) is 4.02. The Labute approximate surface area is 98.9 Å². The first kappa shape index (κ1) is 12.3. The molecule has 0 bridgehead atoms. The molecule has 3 heteroatoms. The van der Waals surface area contributed by atoms with E-state index < -0.39 is 0 Å². The zero-order chi connectivity index (χ0) is 11.4. The van der Waals surface area contributed by atoms with Crippen LogP contribution in [-0.4, -0.2) is 38.0 Å². The van der Waals surface area contributed by atoms with Gasteiger partial charge < -0.3 is 14.8 Å². The number of ether oxygens (including phenoxy) is 2. The first-order valence-corrected chi connectivity index (χ1v) is 6.73. The molecule has 2 rings (SSSR count). The summed E-state index contributed by atoms with van der Waals surface area (Å²) >= 11 is 0. The molecule has 16 heavy (non-hydrogen) atoms. The van der Waals surface area contributed by atoms with Gasteiger partial charge in [-0.05, 0) is 45.4 Å². The standard InChI is InChI=1S/C13H25NO2/c1-10(12-5-8-15-9-6-12)14-11(2)13-4-3-7-16-13/h10-14H,3-9H2,1-2H3. The average Bonchev–Trinajstić information content (AvgIpc) is 2.83. The van der Waals surface area contributed by atoms with E-state index in [0.29, 0.717) is 18.2 Å². The minimum Gasteiger partial charge on any atom is -0.381 e. The average molecular weight is 227 g/mol. The van der Waals surface area contributed by atoms with Crippen molar-refractivity contribution in [3.8, 4) is 0 Å². The summed E-state index contributed by atoms with van der Waals surface area (Å²) in [6.45, 7) is 7.38. The molecule has 0 radical (unpaired) electrons. The van der Waals surface area contributed by atoms with Gasteiger partial charge in [0.1, 0.15) is 0 Å². The highest BCUT2D eigenvalue weighted by Gasteiger charge is 2.26. The summed E-state index contributed by atoms with van der Waals surface area (Å²) in [4.78, 5) is 0. The number of hydrogen-bond donors (Lipinski definition) is 1. The van der Waals surface area contributed by atoms with Crippen molar-refractivity contribution in [3.05, 3.63) is 0 Å². The van der Waals surface area contributed by atoms with Gasteiger partial charge in [0.15, 0.2) is 0 Å². The van der Waals surface area contributed by atoms with Crippen LogP contribution >= 0.6 is 0 Å². The van der Waals surface area contributed by atoms with Crippen molar-refractivity contribution in [3.63, 3.8) is 0 Å². The Morgan fingerprint density at radius 1 is 1.00 bits per heavy atom. The normalized spacial score (nSPS) is 31.5. The molecule has 0 aromatic carbocycles. The molecule has 2 heterocycles. The first-order valence-electron chi connectivity index (χ1n) is 6.73. The summed E-state index contributed by atoms with van der Waals surface area (Å²) in [7, 11) is 0. The molecule has 0 aromatic heterocycles. The highest BCUT2D eigenvalue weighted by molar-refractivity contribution is 4.82. The maximum atomic E-state index is 5.72. The Morgan fingerprint density at radius 3 is 2.38 bits per heavy atom. The molecule has 3 atom stereocenters. The molecule has 0 saturated carbocycles. The van der Waals surface area contributed by atoms with E-state index in [2.05, 4.69) is 19.2 Å². The van der Waals surface area contributed by atoms with Gasteiger partial charge in [0.2, 0.25) is 0 Å². The summed E-state index contributed by atoms with van der Waals surface area (Å²) in [5.74, 6) is 0.776. The van der Waals surface area contributed by atoms with Crippen LogP contribution in [0.15, 0.2) is 0 Å². The predicted octanol–water partition coefficient (Wildman–Crippen LogP) is 1.96. The largest absolute Gasteiger partial charge is 0.381 e. The second-order valence-corrected chi connectivity index (χ2v) is 5.25. The first-order chi connectivity index (χ1) is 7.77. The van der Waals surface area contributed by atoms with Crippen molar-refractivity contribution in [1.82, 2.24) is 5.32 Å². The van der Waals surface area contributed by atoms with Crippen LogP contribution in [0.4, 0.5) is 0 Å². The summed E-state index contributed by atoms with van der Waals surface area (Å²) in [6, 6.07) is 1.07. The van der Waals surface area contributed by atoms with Crippen LogP contribution in [0.5, 0.6) is 0 Å². The topological polar surface area (TPSA) is 30.5 Å². The SMILES string of the molecule is CC(NC(C)C1CCCO1)C1CCOCC1. The van der Waals surface area contributed by atoms with Crippen molar-refractivity contribution in [1.29, 1.82) is 0 Å². The van der Waals surface area contributed by atoms with E-state index in [1.54, 1.807) is 0 Å². The van der Waals surface area contributed by atoms with Crippen LogP contribution in [0.2, 0.25) is 0 Å². The summed E-state index contributed by atoms with van der Waals surface area (Å²) in [6.07, 6.45) is 5.28. The van der Waals surface area contributed by atoms with E-state index in [4.69, 9.17) is 9.47 Å². The summed E-state index contributed by atoms with van der Waals surface area (Å²) in [5.41, 5.74) is 0. The number of nitrogens with one attached hydrogen (secondary N) is 1. The van der Waals surface area contributed by atoms with Gasteiger partial charge in [0.05, 0.1) is 6.10 Å². The summed E-state index contributed by atoms with van der Waals surface area (Å²) < 4.78 is 11.1. The molecule has 2 aliphatic rings. The molecule has 2 fully saturated rings. The lowest BCUT2D eigenvalue weighted by atomic mass is 9.92. The van der Waals surface area contributed by atoms with Crippen LogP contribution in [0, 0.1) is 5.92 Å². The van der Waals surface area contributed by atoms with E-state index >= 15 is 0 Å². The fourth-order valence-electron chi connectivity index (χ4n) is 2.87. The molecule has 0 spiro atoms. The Bertz CT molecular complexity index is 198. The third kappa shape index (κ3) is 3.19. The zero-order valence-corrected chi connectivity index (χ0v) is 10.6. The van der Waals surface area contributed by atoms with Crippen molar-refractivity contribution >= 4 is 0 Å². The van der Waals surface area contributed by atoms with Gasteiger partial charge >= 0.3 is 0 Å². The quantitative estimate of drug-likeness (QED) is 0.796. The summed E-state index contributed by atoms with van der Waals surface area (Å²) in [5, 5.41) is 3.71. The lowest BCUT2D eigenvalue weighted by Gasteiger charge is -2.32. The molecular weight excluding hydrogens is 202 g/mol.